The van der Waals surface area contributed by atoms with Crippen LogP contribution in [0.3, 0.4) is 0 Å². The lowest BCUT2D eigenvalue weighted by Gasteiger charge is -2.14. The first kappa shape index (κ1) is 15.1. The number of benzene rings is 2. The molecule has 0 fully saturated rings. The van der Waals surface area contributed by atoms with Crippen LogP contribution in [0.2, 0.25) is 10.0 Å². The topological polar surface area (TPSA) is 29.5 Å². The Balaban J connectivity index is 2.18. The van der Waals surface area contributed by atoms with Crippen molar-refractivity contribution in [2.24, 2.45) is 0 Å². The zero-order valence-corrected chi connectivity index (χ0v) is 12.2. The van der Waals surface area contributed by atoms with Gasteiger partial charge in [0, 0.05) is 21.2 Å². The number of hydrogen-bond donors (Lipinski definition) is 1. The molecule has 2 aromatic carbocycles. The van der Waals surface area contributed by atoms with Gasteiger partial charge in [0.25, 0.3) is 0 Å². The summed E-state index contributed by atoms with van der Waals surface area (Å²) in [4.78, 5) is 0. The second kappa shape index (κ2) is 6.44. The summed E-state index contributed by atoms with van der Waals surface area (Å²) in [5, 5.41) is 10.7. The van der Waals surface area contributed by atoms with Crippen molar-refractivity contribution in [1.29, 1.82) is 0 Å². The first-order valence-corrected chi connectivity index (χ1v) is 6.77. The molecular weight excluding hydrogens is 302 g/mol. The maximum absolute atomic E-state index is 13.2. The number of aliphatic hydroxyl groups is 1. The summed E-state index contributed by atoms with van der Waals surface area (Å²) in [5.74, 6) is 0.00481. The van der Waals surface area contributed by atoms with Crippen molar-refractivity contribution < 1.29 is 14.2 Å². The van der Waals surface area contributed by atoms with Crippen molar-refractivity contribution in [3.8, 4) is 5.75 Å². The quantitative estimate of drug-likeness (QED) is 0.881. The highest BCUT2D eigenvalue weighted by molar-refractivity contribution is 6.35. The second-order valence-electron chi connectivity index (χ2n) is 4.38. The largest absolute Gasteiger partial charge is 0.488 e. The van der Waals surface area contributed by atoms with Gasteiger partial charge in [0.1, 0.15) is 18.2 Å². The van der Waals surface area contributed by atoms with Gasteiger partial charge in [-0.15, -0.1) is 0 Å². The standard InChI is InChI=1S/C15H13Cl2FO2/c1-9(19)13-7-12(18)4-5-15(13)20-8-10-2-3-11(16)6-14(10)17/h2-7,9,19H,8H2,1H3. The second-order valence-corrected chi connectivity index (χ2v) is 5.23. The van der Waals surface area contributed by atoms with Crippen LogP contribution in [0.25, 0.3) is 0 Å². The van der Waals surface area contributed by atoms with Crippen LogP contribution in [-0.4, -0.2) is 5.11 Å². The molecule has 0 saturated carbocycles. The van der Waals surface area contributed by atoms with Gasteiger partial charge in [-0.05, 0) is 37.3 Å². The van der Waals surface area contributed by atoms with Gasteiger partial charge in [-0.25, -0.2) is 4.39 Å². The van der Waals surface area contributed by atoms with Crippen molar-refractivity contribution in [1.82, 2.24) is 0 Å². The molecule has 1 N–H and O–H groups in total. The van der Waals surface area contributed by atoms with Crippen LogP contribution in [0.5, 0.6) is 5.75 Å². The lowest BCUT2D eigenvalue weighted by molar-refractivity contribution is 0.189. The molecule has 2 rings (SSSR count). The van der Waals surface area contributed by atoms with Gasteiger partial charge >= 0.3 is 0 Å². The fourth-order valence-electron chi connectivity index (χ4n) is 1.77. The first-order chi connectivity index (χ1) is 9.47. The Kier molecular flexibility index (Phi) is 4.86. The third kappa shape index (κ3) is 3.63. The summed E-state index contributed by atoms with van der Waals surface area (Å²) in [6, 6.07) is 9.13. The van der Waals surface area contributed by atoms with Gasteiger partial charge in [0.15, 0.2) is 0 Å². The Morgan fingerprint density at radius 3 is 2.60 bits per heavy atom. The summed E-state index contributed by atoms with van der Waals surface area (Å²) in [7, 11) is 0. The number of halogens is 3. The van der Waals surface area contributed by atoms with Crippen LogP contribution in [0.4, 0.5) is 4.39 Å². The molecule has 2 aromatic rings. The summed E-state index contributed by atoms with van der Waals surface area (Å²) in [6.45, 7) is 1.76. The van der Waals surface area contributed by atoms with Gasteiger partial charge in [0.05, 0.1) is 6.10 Å². The fraction of sp³-hybridized carbons (Fsp3) is 0.200. The molecule has 0 radical (unpaired) electrons. The summed E-state index contributed by atoms with van der Waals surface area (Å²) < 4.78 is 18.8. The Hall–Kier alpha value is -1.29. The van der Waals surface area contributed by atoms with E-state index in [2.05, 4.69) is 0 Å². The minimum Gasteiger partial charge on any atom is -0.488 e. The Labute approximate surface area is 126 Å². The zero-order chi connectivity index (χ0) is 14.7. The van der Waals surface area contributed by atoms with E-state index in [1.165, 1.54) is 18.2 Å². The number of hydrogen-bond acceptors (Lipinski definition) is 2. The minimum atomic E-state index is -0.818. The summed E-state index contributed by atoms with van der Waals surface area (Å²) >= 11 is 11.9. The lowest BCUT2D eigenvalue weighted by atomic mass is 10.1. The van der Waals surface area contributed by atoms with Gasteiger partial charge in [-0.3, -0.25) is 0 Å². The average molecular weight is 315 g/mol. The zero-order valence-electron chi connectivity index (χ0n) is 10.7. The average Bonchev–Trinajstić information content (AvgIpc) is 2.38. The molecule has 1 unspecified atom stereocenters. The summed E-state index contributed by atoms with van der Waals surface area (Å²) in [6.07, 6.45) is -0.818. The van der Waals surface area contributed by atoms with Crippen LogP contribution in [-0.2, 0) is 6.61 Å². The summed E-state index contributed by atoms with van der Waals surface area (Å²) in [5.41, 5.74) is 1.16. The van der Waals surface area contributed by atoms with E-state index in [4.69, 9.17) is 27.9 Å². The smallest absolute Gasteiger partial charge is 0.125 e. The third-order valence-corrected chi connectivity index (χ3v) is 3.41. The lowest BCUT2D eigenvalue weighted by Crippen LogP contribution is -2.02. The van der Waals surface area contributed by atoms with Crippen molar-refractivity contribution in [2.45, 2.75) is 19.6 Å². The van der Waals surface area contributed by atoms with Crippen LogP contribution < -0.4 is 4.74 Å². The predicted octanol–water partition coefficient (Wildman–Crippen LogP) is 4.76. The molecule has 0 heterocycles. The van der Waals surface area contributed by atoms with E-state index in [1.807, 2.05) is 0 Å². The predicted molar refractivity (Wildman–Crippen MR) is 77.8 cm³/mol. The van der Waals surface area contributed by atoms with Crippen molar-refractivity contribution in [2.75, 3.05) is 0 Å². The molecule has 0 bridgehead atoms. The van der Waals surface area contributed by atoms with Gasteiger partial charge in [-0.2, -0.15) is 0 Å². The maximum atomic E-state index is 13.2. The number of aliphatic hydroxyl groups excluding tert-OH is 1. The minimum absolute atomic E-state index is 0.210. The number of rotatable bonds is 4. The molecule has 0 aromatic heterocycles. The van der Waals surface area contributed by atoms with E-state index in [-0.39, 0.29) is 6.61 Å². The van der Waals surface area contributed by atoms with Crippen LogP contribution in [0, 0.1) is 5.82 Å². The normalized spacial score (nSPS) is 12.2. The highest BCUT2D eigenvalue weighted by Gasteiger charge is 2.11. The Bertz CT molecular complexity index is 615. The molecule has 5 heteroatoms. The van der Waals surface area contributed by atoms with E-state index in [1.54, 1.807) is 25.1 Å². The number of ether oxygens (including phenoxy) is 1. The van der Waals surface area contributed by atoms with Crippen molar-refractivity contribution in [3.63, 3.8) is 0 Å². The van der Waals surface area contributed by atoms with Gasteiger partial charge < -0.3 is 9.84 Å². The molecule has 0 amide bonds. The molecule has 106 valence electrons. The van der Waals surface area contributed by atoms with Crippen molar-refractivity contribution in [3.05, 3.63) is 63.4 Å². The molecule has 20 heavy (non-hydrogen) atoms. The Morgan fingerprint density at radius 1 is 1.20 bits per heavy atom. The molecule has 0 aliphatic heterocycles. The highest BCUT2D eigenvalue weighted by Crippen LogP contribution is 2.28. The molecule has 2 nitrogen and oxygen atoms in total. The molecule has 0 aliphatic carbocycles. The molecule has 0 saturated heterocycles. The van der Waals surface area contributed by atoms with Crippen LogP contribution >= 0.6 is 23.2 Å². The van der Waals surface area contributed by atoms with Crippen molar-refractivity contribution >= 4 is 23.2 Å². The van der Waals surface area contributed by atoms with E-state index in [0.29, 0.717) is 21.4 Å². The Morgan fingerprint density at radius 2 is 1.95 bits per heavy atom. The molecular formula is C15H13Cl2FO2. The third-order valence-electron chi connectivity index (χ3n) is 2.82. The van der Waals surface area contributed by atoms with E-state index in [0.717, 1.165) is 5.56 Å². The van der Waals surface area contributed by atoms with E-state index >= 15 is 0 Å². The van der Waals surface area contributed by atoms with Crippen LogP contribution in [0.1, 0.15) is 24.2 Å². The first-order valence-electron chi connectivity index (χ1n) is 6.01. The van der Waals surface area contributed by atoms with Gasteiger partial charge in [-0.1, -0.05) is 29.3 Å². The molecule has 0 aliphatic rings. The van der Waals surface area contributed by atoms with Gasteiger partial charge in [0.2, 0.25) is 0 Å². The van der Waals surface area contributed by atoms with Crippen LogP contribution in [0.15, 0.2) is 36.4 Å². The SMILES string of the molecule is CC(O)c1cc(F)ccc1OCc1ccc(Cl)cc1Cl. The fourth-order valence-corrected chi connectivity index (χ4v) is 2.23. The maximum Gasteiger partial charge on any atom is 0.125 e. The van der Waals surface area contributed by atoms with E-state index < -0.39 is 11.9 Å². The molecule has 1 atom stereocenters. The highest BCUT2D eigenvalue weighted by atomic mass is 35.5. The van der Waals surface area contributed by atoms with E-state index in [9.17, 15) is 9.50 Å². The monoisotopic (exact) mass is 314 g/mol. The molecule has 0 spiro atoms.